The quantitative estimate of drug-likeness (QED) is 0.657. The van der Waals surface area contributed by atoms with Gasteiger partial charge in [0.1, 0.15) is 0 Å². The van der Waals surface area contributed by atoms with E-state index in [1.807, 2.05) is 0 Å². The third-order valence-electron chi connectivity index (χ3n) is 2.76. The smallest absolute Gasteiger partial charge is 0.0625 e. The SMILES string of the molecule is CCOCC1CCCCC1OCC. The van der Waals surface area contributed by atoms with E-state index in [-0.39, 0.29) is 0 Å². The average Bonchev–Trinajstić information content (AvgIpc) is 2.17. The molecule has 0 heterocycles. The minimum Gasteiger partial charge on any atom is -0.381 e. The van der Waals surface area contributed by atoms with Crippen LogP contribution < -0.4 is 0 Å². The van der Waals surface area contributed by atoms with Crippen molar-refractivity contribution in [3.63, 3.8) is 0 Å². The molecule has 0 N–H and O–H groups in total. The van der Waals surface area contributed by atoms with Gasteiger partial charge in [-0.15, -0.1) is 0 Å². The van der Waals surface area contributed by atoms with E-state index < -0.39 is 0 Å². The monoisotopic (exact) mass is 186 g/mol. The van der Waals surface area contributed by atoms with Crippen molar-refractivity contribution < 1.29 is 9.47 Å². The molecule has 0 aromatic heterocycles. The topological polar surface area (TPSA) is 18.5 Å². The molecule has 0 saturated heterocycles. The first-order valence-corrected chi connectivity index (χ1v) is 5.57. The molecule has 1 rings (SSSR count). The van der Waals surface area contributed by atoms with Gasteiger partial charge in [0.2, 0.25) is 0 Å². The highest BCUT2D eigenvalue weighted by Crippen LogP contribution is 2.26. The zero-order chi connectivity index (χ0) is 9.52. The van der Waals surface area contributed by atoms with Crippen molar-refractivity contribution in [3.8, 4) is 0 Å². The summed E-state index contributed by atoms with van der Waals surface area (Å²) in [5, 5.41) is 0. The van der Waals surface area contributed by atoms with Crippen molar-refractivity contribution in [1.82, 2.24) is 0 Å². The number of hydrogen-bond acceptors (Lipinski definition) is 2. The van der Waals surface area contributed by atoms with Crippen LogP contribution in [0.1, 0.15) is 39.5 Å². The van der Waals surface area contributed by atoms with Gasteiger partial charge in [0.05, 0.1) is 12.7 Å². The van der Waals surface area contributed by atoms with Crippen LogP contribution in [0.5, 0.6) is 0 Å². The molecule has 0 bridgehead atoms. The number of hydrogen-bond donors (Lipinski definition) is 0. The molecule has 1 saturated carbocycles. The number of ether oxygens (including phenoxy) is 2. The van der Waals surface area contributed by atoms with E-state index in [2.05, 4.69) is 13.8 Å². The van der Waals surface area contributed by atoms with E-state index in [9.17, 15) is 0 Å². The predicted molar refractivity (Wildman–Crippen MR) is 53.9 cm³/mol. The molecule has 2 heteroatoms. The second kappa shape index (κ2) is 6.39. The van der Waals surface area contributed by atoms with Gasteiger partial charge in [-0.3, -0.25) is 0 Å². The van der Waals surface area contributed by atoms with Crippen molar-refractivity contribution >= 4 is 0 Å². The Morgan fingerprint density at radius 1 is 1.08 bits per heavy atom. The van der Waals surface area contributed by atoms with Gasteiger partial charge >= 0.3 is 0 Å². The summed E-state index contributed by atoms with van der Waals surface area (Å²) in [6, 6.07) is 0. The Labute approximate surface area is 81.6 Å². The summed E-state index contributed by atoms with van der Waals surface area (Å²) in [4.78, 5) is 0. The van der Waals surface area contributed by atoms with Crippen LogP contribution in [0.25, 0.3) is 0 Å². The summed E-state index contributed by atoms with van der Waals surface area (Å²) in [5.41, 5.74) is 0. The Bertz CT molecular complexity index is 123. The summed E-state index contributed by atoms with van der Waals surface area (Å²) >= 11 is 0. The molecule has 0 amide bonds. The van der Waals surface area contributed by atoms with Gasteiger partial charge in [-0.05, 0) is 26.7 Å². The zero-order valence-corrected chi connectivity index (χ0v) is 8.92. The lowest BCUT2D eigenvalue weighted by molar-refractivity contribution is -0.0366. The minimum atomic E-state index is 0.463. The van der Waals surface area contributed by atoms with Crippen molar-refractivity contribution in [3.05, 3.63) is 0 Å². The maximum Gasteiger partial charge on any atom is 0.0625 e. The predicted octanol–water partition coefficient (Wildman–Crippen LogP) is 2.62. The summed E-state index contributed by atoms with van der Waals surface area (Å²) in [7, 11) is 0. The molecule has 2 unspecified atom stereocenters. The molecule has 0 spiro atoms. The molecular formula is C11H22O2. The molecule has 0 aliphatic heterocycles. The van der Waals surface area contributed by atoms with Crippen LogP contribution in [0.3, 0.4) is 0 Å². The molecule has 13 heavy (non-hydrogen) atoms. The van der Waals surface area contributed by atoms with Gasteiger partial charge < -0.3 is 9.47 Å². The van der Waals surface area contributed by atoms with Crippen LogP contribution in [0.2, 0.25) is 0 Å². The molecule has 78 valence electrons. The van der Waals surface area contributed by atoms with Gasteiger partial charge in [0, 0.05) is 19.1 Å². The average molecular weight is 186 g/mol. The van der Waals surface area contributed by atoms with Gasteiger partial charge in [-0.2, -0.15) is 0 Å². The molecule has 1 aliphatic rings. The first kappa shape index (κ1) is 11.0. The minimum absolute atomic E-state index is 0.463. The molecule has 0 aromatic carbocycles. The molecule has 0 aromatic rings. The summed E-state index contributed by atoms with van der Waals surface area (Å²) < 4.78 is 11.2. The number of rotatable bonds is 5. The van der Waals surface area contributed by atoms with Crippen molar-refractivity contribution in [2.75, 3.05) is 19.8 Å². The maximum absolute atomic E-state index is 5.71. The van der Waals surface area contributed by atoms with Gasteiger partial charge in [-0.1, -0.05) is 12.8 Å². The van der Waals surface area contributed by atoms with E-state index in [1.54, 1.807) is 0 Å². The first-order valence-electron chi connectivity index (χ1n) is 5.57. The summed E-state index contributed by atoms with van der Waals surface area (Å²) in [6.07, 6.45) is 5.65. The standard InChI is InChI=1S/C11H22O2/c1-3-12-9-10-7-5-6-8-11(10)13-4-2/h10-11H,3-9H2,1-2H3. The highest BCUT2D eigenvalue weighted by atomic mass is 16.5. The molecule has 0 radical (unpaired) electrons. The van der Waals surface area contributed by atoms with Crippen molar-refractivity contribution in [2.24, 2.45) is 5.92 Å². The van der Waals surface area contributed by atoms with Crippen LogP contribution in [0.4, 0.5) is 0 Å². The second-order valence-electron chi connectivity index (χ2n) is 3.70. The summed E-state index contributed by atoms with van der Waals surface area (Å²) in [5.74, 6) is 0.647. The van der Waals surface area contributed by atoms with Crippen LogP contribution in [0, 0.1) is 5.92 Å². The van der Waals surface area contributed by atoms with Crippen molar-refractivity contribution in [2.45, 2.75) is 45.6 Å². The Kier molecular flexibility index (Phi) is 5.40. The third-order valence-corrected chi connectivity index (χ3v) is 2.76. The highest BCUT2D eigenvalue weighted by Gasteiger charge is 2.25. The van der Waals surface area contributed by atoms with E-state index in [4.69, 9.17) is 9.47 Å². The van der Waals surface area contributed by atoms with Crippen LogP contribution in [-0.4, -0.2) is 25.9 Å². The Morgan fingerprint density at radius 2 is 1.85 bits per heavy atom. The Hall–Kier alpha value is -0.0800. The lowest BCUT2D eigenvalue weighted by Crippen LogP contribution is -2.31. The zero-order valence-electron chi connectivity index (χ0n) is 8.92. The second-order valence-corrected chi connectivity index (χ2v) is 3.70. The van der Waals surface area contributed by atoms with Crippen LogP contribution >= 0.6 is 0 Å². The van der Waals surface area contributed by atoms with Gasteiger partial charge in [0.25, 0.3) is 0 Å². The lowest BCUT2D eigenvalue weighted by atomic mass is 9.87. The van der Waals surface area contributed by atoms with Gasteiger partial charge in [-0.25, -0.2) is 0 Å². The van der Waals surface area contributed by atoms with Crippen LogP contribution in [0.15, 0.2) is 0 Å². The van der Waals surface area contributed by atoms with Crippen LogP contribution in [-0.2, 0) is 9.47 Å². The molecule has 1 aliphatic carbocycles. The fourth-order valence-corrected chi connectivity index (χ4v) is 2.07. The fourth-order valence-electron chi connectivity index (χ4n) is 2.07. The molecular weight excluding hydrogens is 164 g/mol. The Balaban J connectivity index is 2.28. The summed E-state index contributed by atoms with van der Waals surface area (Å²) in [6.45, 7) is 6.69. The maximum atomic E-state index is 5.71. The Morgan fingerprint density at radius 3 is 2.54 bits per heavy atom. The first-order chi connectivity index (χ1) is 6.38. The third kappa shape index (κ3) is 3.65. The molecule has 1 fully saturated rings. The highest BCUT2D eigenvalue weighted by molar-refractivity contribution is 4.75. The van der Waals surface area contributed by atoms with E-state index >= 15 is 0 Å². The largest absolute Gasteiger partial charge is 0.381 e. The van der Waals surface area contributed by atoms with E-state index in [0.717, 1.165) is 19.8 Å². The normalized spacial score (nSPS) is 29.1. The fraction of sp³-hybridized carbons (Fsp3) is 1.00. The molecule has 2 nitrogen and oxygen atoms in total. The van der Waals surface area contributed by atoms with E-state index in [1.165, 1.54) is 25.7 Å². The van der Waals surface area contributed by atoms with Gasteiger partial charge in [0.15, 0.2) is 0 Å². The van der Waals surface area contributed by atoms with E-state index in [0.29, 0.717) is 12.0 Å². The van der Waals surface area contributed by atoms with Crippen molar-refractivity contribution in [1.29, 1.82) is 0 Å². The molecule has 2 atom stereocenters. The lowest BCUT2D eigenvalue weighted by Gasteiger charge is -2.30.